The van der Waals surface area contributed by atoms with Gasteiger partial charge < -0.3 is 14.5 Å². The Balaban J connectivity index is 1.36. The molecule has 3 aromatic rings. The molecule has 2 atom stereocenters. The summed E-state index contributed by atoms with van der Waals surface area (Å²) in [4.78, 5) is 20.2. The molecule has 4 rings (SSSR count). The number of hydrogen-bond acceptors (Lipinski definition) is 7. The van der Waals surface area contributed by atoms with Gasteiger partial charge in [-0.15, -0.1) is 0 Å². The van der Waals surface area contributed by atoms with Gasteiger partial charge in [-0.25, -0.2) is 9.78 Å². The molecule has 1 amide bonds. The molecule has 3 N–H and O–H groups in total. The summed E-state index contributed by atoms with van der Waals surface area (Å²) in [5.41, 5.74) is 2.17. The molecule has 142 valence electrons. The zero-order valence-electron chi connectivity index (χ0n) is 15.2. The number of amides is 1. The van der Waals surface area contributed by atoms with Crippen LogP contribution in [0.5, 0.6) is 0 Å². The number of nitrogens with zero attached hydrogens (tertiary/aromatic N) is 3. The average Bonchev–Trinajstić information content (AvgIpc) is 3.32. The minimum Gasteiger partial charge on any atom is -0.446 e. The van der Waals surface area contributed by atoms with E-state index in [1.54, 1.807) is 12.3 Å². The molecule has 0 spiro atoms. The van der Waals surface area contributed by atoms with Crippen LogP contribution in [-0.4, -0.2) is 38.4 Å². The first kappa shape index (κ1) is 17.3. The molecule has 1 fully saturated rings. The summed E-state index contributed by atoms with van der Waals surface area (Å²) in [5.74, 6) is 0.897. The molecule has 3 heterocycles. The molecular weight excluding hydrogens is 348 g/mol. The van der Waals surface area contributed by atoms with Gasteiger partial charge in [-0.05, 0) is 45.2 Å². The number of rotatable bonds is 5. The van der Waals surface area contributed by atoms with Crippen molar-refractivity contribution in [2.24, 2.45) is 0 Å². The second kappa shape index (κ2) is 7.26. The number of anilines is 2. The molecule has 1 saturated carbocycles. The van der Waals surface area contributed by atoms with Gasteiger partial charge >= 0.3 is 12.1 Å². The lowest BCUT2D eigenvalue weighted by Gasteiger charge is -2.14. The van der Waals surface area contributed by atoms with Crippen LogP contribution in [0.3, 0.4) is 0 Å². The molecule has 0 saturated heterocycles. The van der Waals surface area contributed by atoms with Gasteiger partial charge in [0.05, 0.1) is 0 Å². The molecular formula is C18H22N6O3. The Morgan fingerprint density at radius 3 is 3.11 bits per heavy atom. The number of hydrogen-bond donors (Lipinski definition) is 3. The minimum atomic E-state index is -0.354. The highest BCUT2D eigenvalue weighted by molar-refractivity contribution is 5.70. The molecule has 9 heteroatoms. The monoisotopic (exact) mass is 370 g/mol. The Morgan fingerprint density at radius 2 is 2.30 bits per heavy atom. The zero-order valence-corrected chi connectivity index (χ0v) is 15.2. The van der Waals surface area contributed by atoms with Crippen LogP contribution in [0.4, 0.5) is 16.6 Å². The molecule has 3 aromatic heterocycles. The third kappa shape index (κ3) is 4.02. The number of fused-ring (bicyclic) bond motifs is 1. The molecule has 0 bridgehead atoms. The van der Waals surface area contributed by atoms with E-state index in [9.17, 15) is 4.79 Å². The number of oxazole rings is 1. The SMILES string of the molecule is CC(C)NC(=O)O[C@@H]1CC[C@H](c2cc(Nc3nc4cccnc4o3)n[nH]2)C1. The van der Waals surface area contributed by atoms with Crippen molar-refractivity contribution in [3.8, 4) is 0 Å². The molecule has 0 unspecified atom stereocenters. The highest BCUT2D eigenvalue weighted by Gasteiger charge is 2.30. The van der Waals surface area contributed by atoms with Crippen LogP contribution < -0.4 is 10.6 Å². The van der Waals surface area contributed by atoms with Crippen molar-refractivity contribution in [3.05, 3.63) is 30.1 Å². The number of alkyl carbamates (subject to hydrolysis) is 1. The third-order valence-electron chi connectivity index (χ3n) is 4.50. The Morgan fingerprint density at radius 1 is 1.41 bits per heavy atom. The topological polar surface area (TPSA) is 118 Å². The maximum absolute atomic E-state index is 11.7. The van der Waals surface area contributed by atoms with Crippen LogP contribution in [0.1, 0.15) is 44.7 Å². The van der Waals surface area contributed by atoms with E-state index in [-0.39, 0.29) is 24.2 Å². The number of carbonyl (C=O) groups is 1. The summed E-state index contributed by atoms with van der Waals surface area (Å²) in [6.45, 7) is 3.82. The summed E-state index contributed by atoms with van der Waals surface area (Å²) in [7, 11) is 0. The Labute approximate surface area is 155 Å². The molecule has 0 aliphatic heterocycles. The van der Waals surface area contributed by atoms with E-state index < -0.39 is 0 Å². The molecule has 9 nitrogen and oxygen atoms in total. The van der Waals surface area contributed by atoms with E-state index in [0.29, 0.717) is 23.1 Å². The first-order valence-corrected chi connectivity index (χ1v) is 9.08. The van der Waals surface area contributed by atoms with Crippen LogP contribution in [0.25, 0.3) is 11.2 Å². The smallest absolute Gasteiger partial charge is 0.407 e. The Bertz CT molecular complexity index is 901. The van der Waals surface area contributed by atoms with E-state index in [2.05, 4.69) is 30.8 Å². The number of aromatic amines is 1. The van der Waals surface area contributed by atoms with E-state index in [1.807, 2.05) is 26.0 Å². The number of nitrogens with one attached hydrogen (secondary N) is 3. The van der Waals surface area contributed by atoms with Crippen molar-refractivity contribution in [1.82, 2.24) is 25.5 Å². The van der Waals surface area contributed by atoms with Gasteiger partial charge in [0.15, 0.2) is 5.82 Å². The fraction of sp³-hybridized carbons (Fsp3) is 0.444. The lowest BCUT2D eigenvalue weighted by molar-refractivity contribution is 0.0981. The van der Waals surface area contributed by atoms with Crippen molar-refractivity contribution in [3.63, 3.8) is 0 Å². The van der Waals surface area contributed by atoms with Crippen LogP contribution in [0.15, 0.2) is 28.8 Å². The van der Waals surface area contributed by atoms with Crippen LogP contribution >= 0.6 is 0 Å². The van der Waals surface area contributed by atoms with Crippen molar-refractivity contribution in [2.45, 2.75) is 51.2 Å². The molecule has 0 radical (unpaired) electrons. The number of ether oxygens (including phenoxy) is 1. The number of carbonyl (C=O) groups excluding carboxylic acids is 1. The molecule has 1 aliphatic carbocycles. The van der Waals surface area contributed by atoms with Crippen LogP contribution in [-0.2, 0) is 4.74 Å². The molecule has 0 aromatic carbocycles. The van der Waals surface area contributed by atoms with Gasteiger partial charge in [0.25, 0.3) is 0 Å². The van der Waals surface area contributed by atoms with E-state index >= 15 is 0 Å². The van der Waals surface area contributed by atoms with Gasteiger partial charge in [0, 0.05) is 29.9 Å². The third-order valence-corrected chi connectivity index (χ3v) is 4.50. The van der Waals surface area contributed by atoms with E-state index in [0.717, 1.165) is 25.0 Å². The zero-order chi connectivity index (χ0) is 18.8. The summed E-state index contributed by atoms with van der Waals surface area (Å²) < 4.78 is 11.0. The highest BCUT2D eigenvalue weighted by Crippen LogP contribution is 2.36. The lowest BCUT2D eigenvalue weighted by Crippen LogP contribution is -2.33. The van der Waals surface area contributed by atoms with Gasteiger partial charge in [-0.1, -0.05) is 0 Å². The summed E-state index contributed by atoms with van der Waals surface area (Å²) in [5, 5.41) is 13.1. The summed E-state index contributed by atoms with van der Waals surface area (Å²) >= 11 is 0. The number of H-pyrrole nitrogens is 1. The van der Waals surface area contributed by atoms with Crippen molar-refractivity contribution in [1.29, 1.82) is 0 Å². The van der Waals surface area contributed by atoms with Gasteiger partial charge in [-0.2, -0.15) is 10.1 Å². The summed E-state index contributed by atoms with van der Waals surface area (Å²) in [6.07, 6.45) is 3.79. The predicted octanol–water partition coefficient (Wildman–Crippen LogP) is 3.46. The van der Waals surface area contributed by atoms with E-state index in [1.165, 1.54) is 0 Å². The highest BCUT2D eigenvalue weighted by atomic mass is 16.6. The predicted molar refractivity (Wildman–Crippen MR) is 98.8 cm³/mol. The molecule has 27 heavy (non-hydrogen) atoms. The second-order valence-electron chi connectivity index (χ2n) is 7.02. The van der Waals surface area contributed by atoms with Gasteiger partial charge in [0.1, 0.15) is 11.6 Å². The number of aromatic nitrogens is 4. The van der Waals surface area contributed by atoms with Crippen molar-refractivity contribution < 1.29 is 13.9 Å². The Kier molecular flexibility index (Phi) is 4.66. The fourth-order valence-corrected chi connectivity index (χ4v) is 3.29. The maximum atomic E-state index is 11.7. The standard InChI is InChI=1S/C18H22N6O3/c1-10(2)20-18(25)26-12-6-5-11(8-12)14-9-15(24-23-14)22-17-21-13-4-3-7-19-16(13)27-17/h3-4,7,9-12H,5-6,8H2,1-2H3,(H,20,25)(H2,21,22,23,24)/t11-,12+/m0/s1. The second-order valence-corrected chi connectivity index (χ2v) is 7.02. The largest absolute Gasteiger partial charge is 0.446 e. The minimum absolute atomic E-state index is 0.0676. The fourth-order valence-electron chi connectivity index (χ4n) is 3.29. The maximum Gasteiger partial charge on any atom is 0.407 e. The average molecular weight is 370 g/mol. The quantitative estimate of drug-likeness (QED) is 0.629. The normalized spacial score (nSPS) is 19.5. The first-order chi connectivity index (χ1) is 13.1. The van der Waals surface area contributed by atoms with Crippen molar-refractivity contribution in [2.75, 3.05) is 5.32 Å². The van der Waals surface area contributed by atoms with Crippen LogP contribution in [0.2, 0.25) is 0 Å². The van der Waals surface area contributed by atoms with Crippen LogP contribution in [0, 0.1) is 0 Å². The Hall–Kier alpha value is -3.10. The first-order valence-electron chi connectivity index (χ1n) is 9.08. The van der Waals surface area contributed by atoms with E-state index in [4.69, 9.17) is 9.15 Å². The van der Waals surface area contributed by atoms with Gasteiger partial charge in [0.2, 0.25) is 5.71 Å². The van der Waals surface area contributed by atoms with Crippen molar-refractivity contribution >= 4 is 29.2 Å². The van der Waals surface area contributed by atoms with Gasteiger partial charge in [-0.3, -0.25) is 10.4 Å². The lowest BCUT2D eigenvalue weighted by atomic mass is 10.0. The molecule has 1 aliphatic rings. The number of pyridine rings is 1. The summed E-state index contributed by atoms with van der Waals surface area (Å²) in [6, 6.07) is 5.99.